The van der Waals surface area contributed by atoms with E-state index in [1.165, 1.54) is 4.90 Å². The molecule has 0 radical (unpaired) electrons. The fraction of sp³-hybridized carbons (Fsp3) is 0.310. The third-order valence-electron chi connectivity index (χ3n) is 6.61. The molecule has 3 aromatic carbocycles. The summed E-state index contributed by atoms with van der Waals surface area (Å²) in [4.78, 5) is 29.1. The largest absolute Gasteiger partial charge is 0.483 e. The van der Waals surface area contributed by atoms with Crippen molar-refractivity contribution in [2.45, 2.75) is 50.7 Å². The molecule has 1 saturated carbocycles. The second-order valence-electron chi connectivity index (χ2n) is 9.28. The van der Waals surface area contributed by atoms with Gasteiger partial charge in [-0.15, -0.1) is 0 Å². The number of hydrogen-bond acceptors (Lipinski definition) is 3. The molecule has 0 saturated heterocycles. The minimum Gasteiger partial charge on any atom is -0.483 e. The Labute approximate surface area is 246 Å². The van der Waals surface area contributed by atoms with Crippen LogP contribution in [0.2, 0.25) is 15.1 Å². The number of nitrogens with one attached hydrogen (secondary N) is 1. The second kappa shape index (κ2) is 13.7. The van der Waals surface area contributed by atoms with Crippen molar-refractivity contribution in [2.75, 3.05) is 6.61 Å². The first-order valence-corrected chi connectivity index (χ1v) is 14.4. The number of nitrogens with zero attached hydrogens (tertiary/aromatic N) is 1. The number of carbonyl (C=O) groups excluding carboxylic acids is 2. The molecule has 0 aliphatic heterocycles. The maximum absolute atomic E-state index is 13.8. The van der Waals surface area contributed by atoms with Crippen molar-refractivity contribution < 1.29 is 14.3 Å². The Kier molecular flexibility index (Phi) is 10.4. The van der Waals surface area contributed by atoms with Crippen LogP contribution < -0.4 is 10.1 Å². The highest BCUT2D eigenvalue weighted by atomic mass is 79.9. The standard InChI is InChI=1S/C29H28BrCl3N2O3/c30-23-16-20(31)13-14-27(23)38-18-28(36)35(17-22-24(32)11-6-12-25(22)33)26(15-19-7-2-1-3-8-19)29(37)34-21-9-4-5-10-21/h1-3,6-8,11-14,16,21,26H,4-5,9-10,15,17-18H2,(H,34,37). The Morgan fingerprint density at radius 2 is 1.66 bits per heavy atom. The summed E-state index contributed by atoms with van der Waals surface area (Å²) in [6, 6.07) is 19.2. The van der Waals surface area contributed by atoms with Crippen molar-refractivity contribution in [1.82, 2.24) is 10.2 Å². The quantitative estimate of drug-likeness (QED) is 0.251. The zero-order valence-corrected chi connectivity index (χ0v) is 24.5. The van der Waals surface area contributed by atoms with E-state index >= 15 is 0 Å². The zero-order valence-electron chi connectivity index (χ0n) is 20.6. The molecular weight excluding hydrogens is 611 g/mol. The van der Waals surface area contributed by atoms with Gasteiger partial charge in [0.2, 0.25) is 5.91 Å². The molecule has 3 aromatic rings. The monoisotopic (exact) mass is 636 g/mol. The molecule has 1 fully saturated rings. The summed E-state index contributed by atoms with van der Waals surface area (Å²) in [6.45, 7) is -0.234. The molecule has 0 aromatic heterocycles. The van der Waals surface area contributed by atoms with Gasteiger partial charge < -0.3 is 15.0 Å². The average molecular weight is 639 g/mol. The first kappa shape index (κ1) is 28.8. The van der Waals surface area contributed by atoms with Crippen molar-refractivity contribution in [1.29, 1.82) is 0 Å². The number of hydrogen-bond donors (Lipinski definition) is 1. The number of rotatable bonds is 10. The molecule has 2 amide bonds. The van der Waals surface area contributed by atoms with Gasteiger partial charge in [0.15, 0.2) is 6.61 Å². The van der Waals surface area contributed by atoms with Gasteiger partial charge >= 0.3 is 0 Å². The van der Waals surface area contributed by atoms with Crippen LogP contribution in [0.5, 0.6) is 5.75 Å². The molecule has 200 valence electrons. The number of amides is 2. The van der Waals surface area contributed by atoms with Gasteiger partial charge in [0.25, 0.3) is 5.91 Å². The fourth-order valence-corrected chi connectivity index (χ4v) is 5.90. The molecule has 4 rings (SSSR count). The number of ether oxygens (including phenoxy) is 1. The molecule has 0 bridgehead atoms. The van der Waals surface area contributed by atoms with E-state index in [4.69, 9.17) is 39.5 Å². The summed E-state index contributed by atoms with van der Waals surface area (Å²) in [5.74, 6) is -0.108. The Bertz CT molecular complexity index is 1250. The van der Waals surface area contributed by atoms with Gasteiger partial charge in [-0.3, -0.25) is 9.59 Å². The van der Waals surface area contributed by atoms with Gasteiger partial charge in [0.1, 0.15) is 11.8 Å². The first-order chi connectivity index (χ1) is 18.3. The molecule has 0 spiro atoms. The van der Waals surface area contributed by atoms with Crippen molar-refractivity contribution in [2.24, 2.45) is 0 Å². The van der Waals surface area contributed by atoms with Crippen molar-refractivity contribution >= 4 is 62.5 Å². The van der Waals surface area contributed by atoms with Crippen LogP contribution in [0.25, 0.3) is 0 Å². The molecule has 1 N–H and O–H groups in total. The smallest absolute Gasteiger partial charge is 0.261 e. The molecule has 9 heteroatoms. The molecule has 0 heterocycles. The van der Waals surface area contributed by atoms with E-state index in [2.05, 4.69) is 21.2 Å². The first-order valence-electron chi connectivity index (χ1n) is 12.5. The Balaban J connectivity index is 1.66. The van der Waals surface area contributed by atoms with Crippen LogP contribution in [0.3, 0.4) is 0 Å². The Morgan fingerprint density at radius 3 is 2.32 bits per heavy atom. The van der Waals surface area contributed by atoms with Crippen LogP contribution in [0, 0.1) is 0 Å². The zero-order chi connectivity index (χ0) is 27.1. The van der Waals surface area contributed by atoms with Crippen LogP contribution in [-0.4, -0.2) is 35.4 Å². The highest BCUT2D eigenvalue weighted by Crippen LogP contribution is 2.30. The molecule has 38 heavy (non-hydrogen) atoms. The van der Waals surface area contributed by atoms with E-state index in [9.17, 15) is 9.59 Å². The van der Waals surface area contributed by atoms with Gasteiger partial charge in [-0.05, 0) is 64.7 Å². The second-order valence-corrected chi connectivity index (χ2v) is 11.4. The summed E-state index contributed by atoms with van der Waals surface area (Å²) in [5.41, 5.74) is 1.51. The predicted molar refractivity (Wildman–Crippen MR) is 156 cm³/mol. The summed E-state index contributed by atoms with van der Waals surface area (Å²) in [5, 5.41) is 4.56. The third kappa shape index (κ3) is 7.66. The minimum atomic E-state index is -0.796. The topological polar surface area (TPSA) is 58.6 Å². The maximum Gasteiger partial charge on any atom is 0.261 e. The number of carbonyl (C=O) groups is 2. The van der Waals surface area contributed by atoms with E-state index in [0.29, 0.717) is 37.3 Å². The number of benzene rings is 3. The lowest BCUT2D eigenvalue weighted by atomic mass is 10.0. The molecule has 1 atom stereocenters. The van der Waals surface area contributed by atoms with Gasteiger partial charge in [0.05, 0.1) is 4.47 Å². The lowest BCUT2D eigenvalue weighted by Crippen LogP contribution is -2.53. The summed E-state index contributed by atoms with van der Waals surface area (Å²) < 4.78 is 6.48. The van der Waals surface area contributed by atoms with Crippen LogP contribution in [0.15, 0.2) is 71.2 Å². The maximum atomic E-state index is 13.8. The summed E-state index contributed by atoms with van der Waals surface area (Å²) in [7, 11) is 0. The molecule has 1 aliphatic rings. The average Bonchev–Trinajstić information content (AvgIpc) is 3.40. The Hall–Kier alpha value is -2.25. The normalized spacial score (nSPS) is 14.2. The summed E-state index contributed by atoms with van der Waals surface area (Å²) in [6.07, 6.45) is 4.35. The SMILES string of the molecule is O=C(NC1CCCC1)C(Cc1ccccc1)N(Cc1c(Cl)cccc1Cl)C(=O)COc1ccc(Cl)cc1Br. The van der Waals surface area contributed by atoms with Crippen molar-refractivity contribution in [3.05, 3.63) is 97.4 Å². The van der Waals surface area contributed by atoms with E-state index in [1.54, 1.807) is 36.4 Å². The van der Waals surface area contributed by atoms with Crippen LogP contribution >= 0.6 is 50.7 Å². The van der Waals surface area contributed by atoms with Crippen molar-refractivity contribution in [3.63, 3.8) is 0 Å². The van der Waals surface area contributed by atoms with Crippen molar-refractivity contribution in [3.8, 4) is 5.75 Å². The lowest BCUT2D eigenvalue weighted by Gasteiger charge is -2.32. The molecule has 1 unspecified atom stereocenters. The minimum absolute atomic E-state index is 0.0536. The highest BCUT2D eigenvalue weighted by Gasteiger charge is 2.33. The van der Waals surface area contributed by atoms with Gasteiger partial charge in [0, 0.05) is 39.6 Å². The molecule has 1 aliphatic carbocycles. The molecule has 5 nitrogen and oxygen atoms in total. The fourth-order valence-electron chi connectivity index (χ4n) is 4.59. The van der Waals surface area contributed by atoms with Gasteiger partial charge in [-0.25, -0.2) is 0 Å². The molecular formula is C29H28BrCl3N2O3. The lowest BCUT2D eigenvalue weighted by molar-refractivity contribution is -0.143. The Morgan fingerprint density at radius 1 is 0.974 bits per heavy atom. The number of halogens is 4. The van der Waals surface area contributed by atoms with Crippen LogP contribution in [0.4, 0.5) is 0 Å². The third-order valence-corrected chi connectivity index (χ3v) is 8.17. The summed E-state index contributed by atoms with van der Waals surface area (Å²) >= 11 is 22.5. The van der Waals surface area contributed by atoms with Gasteiger partial charge in [-0.1, -0.05) is 84.0 Å². The van der Waals surface area contributed by atoms with E-state index in [0.717, 1.165) is 31.2 Å². The van der Waals surface area contributed by atoms with E-state index in [-0.39, 0.29) is 31.0 Å². The van der Waals surface area contributed by atoms with Crippen LogP contribution in [0.1, 0.15) is 36.8 Å². The van der Waals surface area contributed by atoms with E-state index in [1.807, 2.05) is 30.3 Å². The van der Waals surface area contributed by atoms with Crippen LogP contribution in [-0.2, 0) is 22.6 Å². The predicted octanol–water partition coefficient (Wildman–Crippen LogP) is 7.49. The highest BCUT2D eigenvalue weighted by molar-refractivity contribution is 9.10. The van der Waals surface area contributed by atoms with E-state index < -0.39 is 6.04 Å². The van der Waals surface area contributed by atoms with Gasteiger partial charge in [-0.2, -0.15) is 0 Å².